The zero-order chi connectivity index (χ0) is 22.9. The SMILES string of the molecule is COc1cc2c(cc1OC)C(c1cccs1)N(C(=O)c1ccc(N3CCCC3=O)cc1)CC2. The van der Waals surface area contributed by atoms with Gasteiger partial charge in [0.15, 0.2) is 11.5 Å². The molecule has 6 nitrogen and oxygen atoms in total. The Hall–Kier alpha value is -3.32. The maximum Gasteiger partial charge on any atom is 0.254 e. The predicted molar refractivity (Wildman–Crippen MR) is 128 cm³/mol. The number of anilines is 1. The number of thiophene rings is 1. The molecule has 0 spiro atoms. The minimum Gasteiger partial charge on any atom is -0.493 e. The molecule has 2 aliphatic heterocycles. The summed E-state index contributed by atoms with van der Waals surface area (Å²) in [6.07, 6.45) is 2.21. The smallest absolute Gasteiger partial charge is 0.254 e. The van der Waals surface area contributed by atoms with E-state index < -0.39 is 0 Å². The van der Waals surface area contributed by atoms with Gasteiger partial charge < -0.3 is 19.3 Å². The fraction of sp³-hybridized carbons (Fsp3) is 0.308. The number of hydrogen-bond acceptors (Lipinski definition) is 5. The van der Waals surface area contributed by atoms with Crippen LogP contribution in [0.15, 0.2) is 53.9 Å². The average Bonchev–Trinajstić information content (AvgIpc) is 3.54. The number of nitrogens with zero attached hydrogens (tertiary/aromatic N) is 2. The molecule has 1 unspecified atom stereocenters. The predicted octanol–water partition coefficient (Wildman–Crippen LogP) is 4.68. The molecule has 0 N–H and O–H groups in total. The molecule has 0 radical (unpaired) electrons. The summed E-state index contributed by atoms with van der Waals surface area (Å²) in [4.78, 5) is 30.6. The second-order valence-corrected chi connectivity index (χ2v) is 9.25. The van der Waals surface area contributed by atoms with Crippen LogP contribution in [0.25, 0.3) is 0 Å². The van der Waals surface area contributed by atoms with E-state index in [4.69, 9.17) is 9.47 Å². The van der Waals surface area contributed by atoms with E-state index in [-0.39, 0.29) is 17.9 Å². The Morgan fingerprint density at radius 2 is 1.76 bits per heavy atom. The number of amides is 2. The quantitative estimate of drug-likeness (QED) is 0.553. The first-order valence-electron chi connectivity index (χ1n) is 11.1. The number of ether oxygens (including phenoxy) is 2. The highest BCUT2D eigenvalue weighted by Crippen LogP contribution is 2.42. The Labute approximate surface area is 197 Å². The van der Waals surface area contributed by atoms with Crippen molar-refractivity contribution >= 4 is 28.8 Å². The number of benzene rings is 2. The lowest BCUT2D eigenvalue weighted by atomic mass is 9.90. The van der Waals surface area contributed by atoms with Crippen molar-refractivity contribution in [3.05, 3.63) is 75.5 Å². The van der Waals surface area contributed by atoms with Crippen molar-refractivity contribution in [2.45, 2.75) is 25.3 Å². The van der Waals surface area contributed by atoms with Gasteiger partial charge >= 0.3 is 0 Å². The molecular formula is C26H26N2O4S. The van der Waals surface area contributed by atoms with Gasteiger partial charge in [0.1, 0.15) is 0 Å². The van der Waals surface area contributed by atoms with E-state index in [0.717, 1.165) is 41.1 Å². The lowest BCUT2D eigenvalue weighted by Crippen LogP contribution is -2.40. The molecule has 1 atom stereocenters. The van der Waals surface area contributed by atoms with Crippen LogP contribution in [0.5, 0.6) is 11.5 Å². The number of carbonyl (C=O) groups is 2. The average molecular weight is 463 g/mol. The number of carbonyl (C=O) groups excluding carboxylic acids is 2. The molecule has 2 aromatic carbocycles. The Morgan fingerprint density at radius 1 is 1.00 bits per heavy atom. The van der Waals surface area contributed by atoms with E-state index >= 15 is 0 Å². The molecule has 33 heavy (non-hydrogen) atoms. The first-order chi connectivity index (χ1) is 16.1. The molecule has 1 saturated heterocycles. The molecule has 0 saturated carbocycles. The van der Waals surface area contributed by atoms with E-state index in [1.807, 2.05) is 52.7 Å². The molecule has 0 bridgehead atoms. The topological polar surface area (TPSA) is 59.1 Å². The maximum atomic E-state index is 13.7. The molecule has 2 amide bonds. The highest BCUT2D eigenvalue weighted by atomic mass is 32.1. The summed E-state index contributed by atoms with van der Waals surface area (Å²) in [5.74, 6) is 1.48. The van der Waals surface area contributed by atoms with Gasteiger partial charge in [0, 0.05) is 35.6 Å². The Morgan fingerprint density at radius 3 is 2.39 bits per heavy atom. The van der Waals surface area contributed by atoms with Crippen molar-refractivity contribution < 1.29 is 19.1 Å². The van der Waals surface area contributed by atoms with Crippen LogP contribution < -0.4 is 14.4 Å². The molecule has 2 aliphatic rings. The Balaban J connectivity index is 1.50. The molecule has 0 aliphatic carbocycles. The lowest BCUT2D eigenvalue weighted by Gasteiger charge is -2.37. The minimum atomic E-state index is -0.194. The standard InChI is InChI=1S/C26H26N2O4S/c1-31-21-15-18-11-13-28(25(23-5-4-14-33-23)20(18)16-22(21)32-2)26(30)17-7-9-19(10-8-17)27-12-3-6-24(27)29/h4-5,7-10,14-16,25H,3,6,11-13H2,1-2H3. The van der Waals surface area contributed by atoms with Crippen molar-refractivity contribution in [3.63, 3.8) is 0 Å². The molecule has 1 aromatic heterocycles. The van der Waals surface area contributed by atoms with Crippen LogP contribution in [0.2, 0.25) is 0 Å². The summed E-state index contributed by atoms with van der Waals surface area (Å²) < 4.78 is 11.1. The van der Waals surface area contributed by atoms with Gasteiger partial charge in [-0.1, -0.05) is 6.07 Å². The molecule has 1 fully saturated rings. The fourth-order valence-electron chi connectivity index (χ4n) is 4.79. The summed E-state index contributed by atoms with van der Waals surface area (Å²) in [7, 11) is 3.27. The van der Waals surface area contributed by atoms with Crippen LogP contribution in [-0.2, 0) is 11.2 Å². The molecule has 3 heterocycles. The number of rotatable bonds is 5. The van der Waals surface area contributed by atoms with Crippen molar-refractivity contribution in [1.29, 1.82) is 0 Å². The van der Waals surface area contributed by atoms with Crippen molar-refractivity contribution in [2.24, 2.45) is 0 Å². The minimum absolute atomic E-state index is 0.0202. The van der Waals surface area contributed by atoms with Crippen LogP contribution in [0, 0.1) is 0 Å². The van der Waals surface area contributed by atoms with Crippen molar-refractivity contribution in [2.75, 3.05) is 32.2 Å². The summed E-state index contributed by atoms with van der Waals surface area (Å²) in [6.45, 7) is 1.34. The molecule has 5 rings (SSSR count). The van der Waals surface area contributed by atoms with E-state index in [1.165, 1.54) is 0 Å². The van der Waals surface area contributed by atoms with Gasteiger partial charge in [0.25, 0.3) is 5.91 Å². The van der Waals surface area contributed by atoms with Crippen LogP contribution in [0.4, 0.5) is 5.69 Å². The van der Waals surface area contributed by atoms with Gasteiger partial charge in [-0.2, -0.15) is 0 Å². The molecule has 3 aromatic rings. The van der Waals surface area contributed by atoms with Crippen LogP contribution in [0.1, 0.15) is 45.2 Å². The largest absolute Gasteiger partial charge is 0.493 e. The highest BCUT2D eigenvalue weighted by Gasteiger charge is 2.34. The number of fused-ring (bicyclic) bond motifs is 1. The Bertz CT molecular complexity index is 1170. The molecular weight excluding hydrogens is 436 g/mol. The number of methoxy groups -OCH3 is 2. The zero-order valence-corrected chi connectivity index (χ0v) is 19.6. The monoisotopic (exact) mass is 462 g/mol. The van der Waals surface area contributed by atoms with E-state index in [1.54, 1.807) is 30.5 Å². The van der Waals surface area contributed by atoms with Crippen LogP contribution in [-0.4, -0.2) is 44.0 Å². The lowest BCUT2D eigenvalue weighted by molar-refractivity contribution is -0.117. The molecule has 7 heteroatoms. The number of hydrogen-bond donors (Lipinski definition) is 0. The summed E-state index contributed by atoms with van der Waals surface area (Å²) >= 11 is 1.64. The van der Waals surface area contributed by atoms with Gasteiger partial charge in [-0.05, 0) is 71.8 Å². The third-order valence-electron chi connectivity index (χ3n) is 6.45. The fourth-order valence-corrected chi connectivity index (χ4v) is 5.64. The maximum absolute atomic E-state index is 13.7. The van der Waals surface area contributed by atoms with E-state index in [9.17, 15) is 9.59 Å². The van der Waals surface area contributed by atoms with E-state index in [2.05, 4.69) is 6.07 Å². The van der Waals surface area contributed by atoms with Gasteiger partial charge in [-0.15, -0.1) is 11.3 Å². The van der Waals surface area contributed by atoms with Crippen molar-refractivity contribution in [1.82, 2.24) is 4.90 Å². The van der Waals surface area contributed by atoms with Crippen molar-refractivity contribution in [3.8, 4) is 11.5 Å². The van der Waals surface area contributed by atoms with Crippen LogP contribution >= 0.6 is 11.3 Å². The third-order valence-corrected chi connectivity index (χ3v) is 7.37. The zero-order valence-electron chi connectivity index (χ0n) is 18.7. The van der Waals surface area contributed by atoms with Gasteiger partial charge in [-0.25, -0.2) is 0 Å². The normalized spacial score (nSPS) is 17.8. The summed E-state index contributed by atoms with van der Waals surface area (Å²) in [5, 5.41) is 2.04. The molecule has 170 valence electrons. The van der Waals surface area contributed by atoms with Gasteiger partial charge in [-0.3, -0.25) is 9.59 Å². The van der Waals surface area contributed by atoms with Crippen LogP contribution in [0.3, 0.4) is 0 Å². The second kappa shape index (κ2) is 8.90. The van der Waals surface area contributed by atoms with Gasteiger partial charge in [0.05, 0.1) is 20.3 Å². The van der Waals surface area contributed by atoms with Gasteiger partial charge in [0.2, 0.25) is 5.91 Å². The summed E-state index contributed by atoms with van der Waals surface area (Å²) in [6, 6.07) is 15.3. The summed E-state index contributed by atoms with van der Waals surface area (Å²) in [5.41, 5.74) is 3.70. The first kappa shape index (κ1) is 21.5. The highest BCUT2D eigenvalue weighted by molar-refractivity contribution is 7.10. The van der Waals surface area contributed by atoms with E-state index in [0.29, 0.717) is 30.0 Å². The third kappa shape index (κ3) is 3.86. The Kier molecular flexibility index (Phi) is 5.81. The second-order valence-electron chi connectivity index (χ2n) is 8.27. The first-order valence-corrected chi connectivity index (χ1v) is 12.0.